The summed E-state index contributed by atoms with van der Waals surface area (Å²) in [5.41, 5.74) is 6.92. The van der Waals surface area contributed by atoms with Gasteiger partial charge in [0.15, 0.2) is 11.2 Å². The Kier molecular flexibility index (Phi) is 10.00. The Bertz CT molecular complexity index is 1760. The van der Waals surface area contributed by atoms with Gasteiger partial charge in [0.05, 0.1) is 38.4 Å². The van der Waals surface area contributed by atoms with Crippen LogP contribution in [0.1, 0.15) is 52.3 Å². The number of esters is 1. The average molecular weight is 681 g/mol. The molecule has 1 aliphatic heterocycles. The largest absolute Gasteiger partial charge is 0.476 e. The fourth-order valence-electron chi connectivity index (χ4n) is 6.19. The molecule has 3 heterocycles. The molecule has 2 bridgehead atoms. The topological polar surface area (TPSA) is 171 Å². The van der Waals surface area contributed by atoms with Gasteiger partial charge in [-0.05, 0) is 58.2 Å². The predicted octanol–water partition coefficient (Wildman–Crippen LogP) is 5.20. The number of hydrogen-bond acceptors (Lipinski definition) is 12. The van der Waals surface area contributed by atoms with Gasteiger partial charge in [0, 0.05) is 5.92 Å². The van der Waals surface area contributed by atoms with E-state index in [-0.39, 0.29) is 30.5 Å². The van der Waals surface area contributed by atoms with Crippen molar-refractivity contribution in [3.63, 3.8) is 0 Å². The van der Waals surface area contributed by atoms with E-state index in [0.29, 0.717) is 43.0 Å². The van der Waals surface area contributed by atoms with Gasteiger partial charge in [-0.1, -0.05) is 48.5 Å². The second-order valence-electron chi connectivity index (χ2n) is 12.1. The number of nitrogens with one attached hydrogen (secondary N) is 1. The summed E-state index contributed by atoms with van der Waals surface area (Å²) >= 11 is 0. The van der Waals surface area contributed by atoms with Gasteiger partial charge >= 0.3 is 13.7 Å². The van der Waals surface area contributed by atoms with Crippen LogP contribution in [0.4, 0.5) is 5.95 Å². The van der Waals surface area contributed by atoms with E-state index in [1.165, 1.54) is 0 Å². The molecule has 1 saturated carbocycles. The predicted molar refractivity (Wildman–Crippen MR) is 176 cm³/mol. The molecule has 4 aromatic rings. The first-order chi connectivity index (χ1) is 23.1. The molecule has 6 rings (SSSR count). The van der Waals surface area contributed by atoms with Crippen LogP contribution in [0.15, 0.2) is 67.0 Å². The zero-order chi connectivity index (χ0) is 33.9. The molecular formula is C33H41N6O8P. The fourth-order valence-corrected chi connectivity index (χ4v) is 7.73. The summed E-state index contributed by atoms with van der Waals surface area (Å²) in [5.74, 6) is -0.115. The molecule has 2 aromatic heterocycles. The van der Waals surface area contributed by atoms with Crippen LogP contribution in [0.5, 0.6) is 11.6 Å². The molecule has 1 saturated heterocycles. The zero-order valence-corrected chi connectivity index (χ0v) is 28.2. The van der Waals surface area contributed by atoms with Crippen LogP contribution in [0.25, 0.3) is 11.2 Å². The Balaban J connectivity index is 1.31. The lowest BCUT2D eigenvalue weighted by Gasteiger charge is -2.34. The number of carbonyl (C=O) groups is 1. The number of para-hydroxylation sites is 1. The number of nitrogen functional groups attached to an aromatic ring is 1. The Labute approximate surface area is 278 Å². The number of ether oxygens (including phenoxy) is 4. The maximum atomic E-state index is 14.4. The molecular weight excluding hydrogens is 639 g/mol. The first kappa shape index (κ1) is 33.8. The molecule has 2 aliphatic rings. The molecule has 15 heteroatoms. The van der Waals surface area contributed by atoms with E-state index >= 15 is 0 Å². The Morgan fingerprint density at radius 1 is 1.12 bits per heavy atom. The van der Waals surface area contributed by atoms with E-state index in [1.54, 1.807) is 51.4 Å². The lowest BCUT2D eigenvalue weighted by atomic mass is 10.00. The number of carbonyl (C=O) groups excluding carboxylic acids is 1. The van der Waals surface area contributed by atoms with Crippen LogP contribution in [0, 0.1) is 5.92 Å². The highest BCUT2D eigenvalue weighted by atomic mass is 31.2. The summed E-state index contributed by atoms with van der Waals surface area (Å²) in [6.07, 6.45) is 1.49. The third-order valence-corrected chi connectivity index (χ3v) is 9.89. The van der Waals surface area contributed by atoms with Gasteiger partial charge in [0.2, 0.25) is 11.8 Å². The Hall–Kier alpha value is -4.07. The molecule has 2 aromatic carbocycles. The molecule has 3 N–H and O–H groups in total. The lowest BCUT2D eigenvalue weighted by molar-refractivity contribution is -0.149. The number of nitrogens with zero attached hydrogens (tertiary/aromatic N) is 4. The SMILES string of the molecule is CCOc1nc(N)nc2c1ncn2[C@@H]1O[C@@]2(COP(=O)(N[C@H](C)C(=O)OC(C)C)Oc3ccccc3)CC[C@@H]1[C@@H]2OCc1ccccc1. The number of anilines is 1. The summed E-state index contributed by atoms with van der Waals surface area (Å²) in [7, 11) is -4.19. The summed E-state index contributed by atoms with van der Waals surface area (Å²) in [4.78, 5) is 25.9. The van der Waals surface area contributed by atoms with Gasteiger partial charge < -0.3 is 29.2 Å². The van der Waals surface area contributed by atoms with Gasteiger partial charge in [-0.25, -0.2) is 9.55 Å². The quantitative estimate of drug-likeness (QED) is 0.124. The van der Waals surface area contributed by atoms with Crippen molar-refractivity contribution in [1.29, 1.82) is 0 Å². The van der Waals surface area contributed by atoms with E-state index in [0.717, 1.165) is 5.56 Å². The van der Waals surface area contributed by atoms with Gasteiger partial charge in [0.25, 0.3) is 0 Å². The van der Waals surface area contributed by atoms with E-state index in [2.05, 4.69) is 20.0 Å². The highest BCUT2D eigenvalue weighted by Gasteiger charge is 2.62. The number of benzene rings is 2. The number of fused-ring (bicyclic) bond motifs is 3. The normalized spacial score (nSPS) is 23.6. The summed E-state index contributed by atoms with van der Waals surface area (Å²) in [5, 5.41) is 2.77. The first-order valence-electron chi connectivity index (χ1n) is 16.0. The van der Waals surface area contributed by atoms with E-state index in [1.807, 2.05) is 47.9 Å². The van der Waals surface area contributed by atoms with Crippen LogP contribution < -0.4 is 20.1 Å². The number of nitrogens with two attached hydrogens (primary N) is 1. The van der Waals surface area contributed by atoms with Crippen LogP contribution >= 0.6 is 7.75 Å². The number of aromatic nitrogens is 4. The lowest BCUT2D eigenvalue weighted by Crippen LogP contribution is -2.44. The molecule has 1 aliphatic carbocycles. The average Bonchev–Trinajstić information content (AvgIpc) is 3.73. The van der Waals surface area contributed by atoms with E-state index in [9.17, 15) is 9.36 Å². The molecule has 14 nitrogen and oxygen atoms in total. The third-order valence-electron chi connectivity index (χ3n) is 8.27. The third kappa shape index (κ3) is 7.18. The molecule has 0 amide bonds. The standard InChI is InChI=1S/C33H41N6O8P/c1-5-42-29-26-28(36-32(34)37-29)39(20-35-26)30-25-16-17-33(46-30,27(25)43-18-23-12-8-6-9-13-23)19-44-48(41,47-24-14-10-7-11-15-24)38-22(4)31(40)45-21(2)3/h6-15,20-22,25,27,30H,5,16-19H2,1-4H3,(H,38,41)(H2,34,36,37)/t22-,25-,27+,30-,33-,48?/m1/s1. The summed E-state index contributed by atoms with van der Waals surface area (Å²) < 4.78 is 52.8. The van der Waals surface area contributed by atoms with Crippen molar-refractivity contribution in [1.82, 2.24) is 24.6 Å². The summed E-state index contributed by atoms with van der Waals surface area (Å²) in [6.45, 7) is 7.40. The number of imidazole rings is 1. The van der Waals surface area contributed by atoms with Crippen LogP contribution in [0.2, 0.25) is 0 Å². The zero-order valence-electron chi connectivity index (χ0n) is 27.4. The fraction of sp³-hybridized carbons (Fsp3) is 0.455. The monoisotopic (exact) mass is 680 g/mol. The highest BCUT2D eigenvalue weighted by molar-refractivity contribution is 7.52. The van der Waals surface area contributed by atoms with Crippen LogP contribution in [-0.2, 0) is 34.7 Å². The second-order valence-corrected chi connectivity index (χ2v) is 13.8. The number of hydrogen-bond donors (Lipinski definition) is 2. The van der Waals surface area contributed by atoms with Crippen molar-refractivity contribution in [3.05, 3.63) is 72.6 Å². The van der Waals surface area contributed by atoms with Gasteiger partial charge in [-0.3, -0.25) is 13.9 Å². The Morgan fingerprint density at radius 3 is 2.56 bits per heavy atom. The molecule has 256 valence electrons. The van der Waals surface area contributed by atoms with Crippen LogP contribution in [-0.4, -0.2) is 62.6 Å². The maximum Gasteiger partial charge on any atom is 0.459 e. The minimum absolute atomic E-state index is 0.0426. The van der Waals surface area contributed by atoms with Crippen molar-refractivity contribution < 1.29 is 37.4 Å². The number of rotatable bonds is 15. The van der Waals surface area contributed by atoms with Crippen molar-refractivity contribution in [3.8, 4) is 11.6 Å². The molecule has 6 atom stereocenters. The molecule has 0 spiro atoms. The smallest absolute Gasteiger partial charge is 0.459 e. The van der Waals surface area contributed by atoms with Crippen molar-refractivity contribution in [2.75, 3.05) is 18.9 Å². The minimum Gasteiger partial charge on any atom is -0.476 e. The van der Waals surface area contributed by atoms with Crippen molar-refractivity contribution >= 4 is 30.8 Å². The first-order valence-corrected chi connectivity index (χ1v) is 17.6. The van der Waals surface area contributed by atoms with Crippen molar-refractivity contribution in [2.45, 2.75) is 77.2 Å². The molecule has 2 fully saturated rings. The minimum atomic E-state index is -4.19. The molecule has 1 unspecified atom stereocenters. The van der Waals surface area contributed by atoms with Gasteiger partial charge in [-0.2, -0.15) is 15.1 Å². The van der Waals surface area contributed by atoms with E-state index < -0.39 is 37.7 Å². The maximum absolute atomic E-state index is 14.4. The second kappa shape index (κ2) is 14.2. The molecule has 48 heavy (non-hydrogen) atoms. The Morgan fingerprint density at radius 2 is 1.85 bits per heavy atom. The van der Waals surface area contributed by atoms with Gasteiger partial charge in [0.1, 0.15) is 23.6 Å². The molecule has 0 radical (unpaired) electrons. The highest BCUT2D eigenvalue weighted by Crippen LogP contribution is 2.57. The van der Waals surface area contributed by atoms with E-state index in [4.69, 9.17) is 33.7 Å². The van der Waals surface area contributed by atoms with Gasteiger partial charge in [-0.15, -0.1) is 0 Å². The summed E-state index contributed by atoms with van der Waals surface area (Å²) in [6, 6.07) is 17.4. The van der Waals surface area contributed by atoms with Crippen LogP contribution in [0.3, 0.4) is 0 Å². The van der Waals surface area contributed by atoms with Crippen molar-refractivity contribution in [2.24, 2.45) is 5.92 Å².